The number of benzene rings is 3. The van der Waals surface area contributed by atoms with Crippen molar-refractivity contribution in [2.75, 3.05) is 0 Å². The van der Waals surface area contributed by atoms with Crippen molar-refractivity contribution < 1.29 is 0 Å². The molecule has 0 saturated heterocycles. The Kier molecular flexibility index (Phi) is 13.5. The Labute approximate surface area is 178 Å². The van der Waals surface area contributed by atoms with Gasteiger partial charge in [-0.05, 0) is 23.8 Å². The van der Waals surface area contributed by atoms with Crippen LogP contribution < -0.4 is 15.9 Å². The van der Waals surface area contributed by atoms with E-state index in [0.717, 1.165) is 0 Å². The summed E-state index contributed by atoms with van der Waals surface area (Å²) in [6.45, 7) is 0. The summed E-state index contributed by atoms with van der Waals surface area (Å²) in [5, 5.41) is 4.19. The molecular formula is C19H18Cl5P. The van der Waals surface area contributed by atoms with Gasteiger partial charge < -0.3 is 0 Å². The molecule has 0 amide bonds. The molecule has 25 heavy (non-hydrogen) atoms. The van der Waals surface area contributed by atoms with Gasteiger partial charge in [0.1, 0.15) is 0 Å². The van der Waals surface area contributed by atoms with Crippen LogP contribution in [-0.4, -0.2) is 4.30 Å². The van der Waals surface area contributed by atoms with Crippen LogP contribution >= 0.6 is 67.5 Å². The van der Waals surface area contributed by atoms with Crippen molar-refractivity contribution in [3.63, 3.8) is 0 Å². The summed E-state index contributed by atoms with van der Waals surface area (Å²) in [7, 11) is -0.446. The second kappa shape index (κ2) is 13.7. The minimum absolute atomic E-state index is 0. The molecular weight excluding hydrogens is 436 g/mol. The van der Waals surface area contributed by atoms with E-state index in [4.69, 9.17) is 34.8 Å². The first-order valence-electron chi connectivity index (χ1n) is 7.06. The molecule has 0 radical (unpaired) electrons. The topological polar surface area (TPSA) is 0 Å². The predicted octanol–water partition coefficient (Wildman–Crippen LogP) is 6.27. The van der Waals surface area contributed by atoms with Gasteiger partial charge in [-0.2, -0.15) is 0 Å². The Hall–Kier alpha value is -0.460. The maximum absolute atomic E-state index is 4.81. The van der Waals surface area contributed by atoms with Crippen molar-refractivity contribution in [3.8, 4) is 0 Å². The minimum atomic E-state index is -0.750. The van der Waals surface area contributed by atoms with Crippen LogP contribution in [0.5, 0.6) is 0 Å². The van der Waals surface area contributed by atoms with Gasteiger partial charge in [0.05, 0.1) is 0 Å². The molecule has 0 fully saturated rings. The average molecular weight is 455 g/mol. The quantitative estimate of drug-likeness (QED) is 0.323. The maximum atomic E-state index is 4.81. The molecule has 0 aliphatic heterocycles. The molecule has 0 unspecified atom stereocenters. The van der Waals surface area contributed by atoms with Crippen LogP contribution in [0.15, 0.2) is 91.0 Å². The fourth-order valence-corrected chi connectivity index (χ4v) is 4.48. The van der Waals surface area contributed by atoms with Crippen molar-refractivity contribution >= 4 is 83.5 Å². The highest BCUT2D eigenvalue weighted by Gasteiger charge is 2.14. The Morgan fingerprint density at radius 1 is 0.480 bits per heavy atom. The fraction of sp³-hybridized carbons (Fsp3) is 0.0526. The van der Waals surface area contributed by atoms with Crippen LogP contribution in [0, 0.1) is 0 Å². The van der Waals surface area contributed by atoms with Crippen molar-refractivity contribution in [1.82, 2.24) is 0 Å². The molecule has 0 N–H and O–H groups in total. The van der Waals surface area contributed by atoms with E-state index in [1.54, 1.807) is 0 Å². The van der Waals surface area contributed by atoms with Crippen molar-refractivity contribution in [2.45, 2.75) is 4.30 Å². The molecule has 6 heteroatoms. The van der Waals surface area contributed by atoms with E-state index in [0.29, 0.717) is 0 Å². The van der Waals surface area contributed by atoms with E-state index < -0.39 is 12.2 Å². The number of hydrogen-bond donors (Lipinski definition) is 0. The van der Waals surface area contributed by atoms with Gasteiger partial charge in [-0.1, -0.05) is 126 Å². The maximum Gasteiger partial charge on any atom is 0.180 e. The summed E-state index contributed by atoms with van der Waals surface area (Å²) < 4.78 is -0.750. The largest absolute Gasteiger partial charge is 0.180 e. The zero-order valence-electron chi connectivity index (χ0n) is 13.1. The number of halogens is 5. The Morgan fingerprint density at radius 2 is 0.680 bits per heavy atom. The summed E-state index contributed by atoms with van der Waals surface area (Å²) in [5.41, 5.74) is 0. The first-order valence-corrected chi connectivity index (χ1v) is 9.71. The van der Waals surface area contributed by atoms with Crippen molar-refractivity contribution in [2.24, 2.45) is 0 Å². The summed E-state index contributed by atoms with van der Waals surface area (Å²) in [5.74, 6) is 0. The second-order valence-corrected chi connectivity index (χ2v) is 8.79. The second-order valence-electron chi connectivity index (χ2n) is 4.59. The molecule has 0 saturated carbocycles. The molecule has 0 heterocycles. The van der Waals surface area contributed by atoms with Gasteiger partial charge in [0.15, 0.2) is 4.30 Å². The highest BCUT2D eigenvalue weighted by molar-refractivity contribution is 7.79. The monoisotopic (exact) mass is 452 g/mol. The lowest BCUT2D eigenvalue weighted by Crippen LogP contribution is -2.20. The third kappa shape index (κ3) is 8.65. The summed E-state index contributed by atoms with van der Waals surface area (Å²) in [6, 6.07) is 32.3. The normalized spacial score (nSPS) is 9.48. The van der Waals surface area contributed by atoms with E-state index in [1.807, 2.05) is 0 Å². The summed E-state index contributed by atoms with van der Waals surface area (Å²) in [6.07, 6.45) is 0. The highest BCUT2D eigenvalue weighted by Crippen LogP contribution is 2.32. The van der Waals surface area contributed by atoms with Crippen LogP contribution in [0.4, 0.5) is 0 Å². The molecule has 134 valence electrons. The van der Waals surface area contributed by atoms with E-state index in [2.05, 4.69) is 91.0 Å². The average Bonchev–Trinajstić information content (AvgIpc) is 2.58. The molecule has 3 aromatic rings. The van der Waals surface area contributed by atoms with Crippen molar-refractivity contribution in [1.29, 1.82) is 0 Å². The number of alkyl halides is 3. The van der Waals surface area contributed by atoms with Crippen LogP contribution in [-0.2, 0) is 0 Å². The first kappa shape index (κ1) is 24.5. The molecule has 0 bridgehead atoms. The molecule has 3 rings (SSSR count). The zero-order valence-corrected chi connectivity index (χ0v) is 17.9. The predicted molar refractivity (Wildman–Crippen MR) is 121 cm³/mol. The standard InChI is InChI=1S/C18H15P.CHCl3.2ClH/c1-4-10-16(11-5-1)19(17-12-6-2-7-13-17)18-14-8-3-9-15-18;2-1(3)4;;/h1-15H;1H;2*1H. The summed E-state index contributed by atoms with van der Waals surface area (Å²) in [4.78, 5) is 0. The highest BCUT2D eigenvalue weighted by atomic mass is 35.6. The van der Waals surface area contributed by atoms with E-state index in [1.165, 1.54) is 15.9 Å². The Morgan fingerprint density at radius 3 is 0.880 bits per heavy atom. The van der Waals surface area contributed by atoms with Gasteiger partial charge in [-0.3, -0.25) is 0 Å². The third-order valence-electron chi connectivity index (χ3n) is 3.04. The van der Waals surface area contributed by atoms with E-state index in [9.17, 15) is 0 Å². The van der Waals surface area contributed by atoms with Gasteiger partial charge in [0, 0.05) is 0 Å². The zero-order chi connectivity index (χ0) is 16.5. The Bertz CT molecular complexity index is 581. The molecule has 0 aliphatic carbocycles. The molecule has 0 aromatic heterocycles. The van der Waals surface area contributed by atoms with Crippen LogP contribution in [0.1, 0.15) is 0 Å². The SMILES string of the molecule is Cl.Cl.ClC(Cl)Cl.c1ccc(P(c2ccccc2)c2ccccc2)cc1. The molecule has 0 nitrogen and oxygen atoms in total. The van der Waals surface area contributed by atoms with E-state index in [-0.39, 0.29) is 24.8 Å². The number of rotatable bonds is 3. The molecule has 3 aromatic carbocycles. The number of hydrogen-bond acceptors (Lipinski definition) is 0. The first-order chi connectivity index (χ1) is 11.2. The van der Waals surface area contributed by atoms with Gasteiger partial charge >= 0.3 is 0 Å². The Balaban J connectivity index is 0.000000874. The smallest absolute Gasteiger partial charge is 0.147 e. The molecule has 0 atom stereocenters. The third-order valence-corrected chi connectivity index (χ3v) is 5.49. The van der Waals surface area contributed by atoms with E-state index >= 15 is 0 Å². The van der Waals surface area contributed by atoms with Gasteiger partial charge in [-0.25, -0.2) is 0 Å². The van der Waals surface area contributed by atoms with Gasteiger partial charge in [0.25, 0.3) is 0 Å². The van der Waals surface area contributed by atoms with Crippen LogP contribution in [0.3, 0.4) is 0 Å². The van der Waals surface area contributed by atoms with Gasteiger partial charge in [0.2, 0.25) is 0 Å². The van der Waals surface area contributed by atoms with Crippen LogP contribution in [0.25, 0.3) is 0 Å². The lowest BCUT2D eigenvalue weighted by atomic mass is 10.4. The molecule has 0 aliphatic rings. The minimum Gasteiger partial charge on any atom is -0.147 e. The fourth-order valence-electron chi connectivity index (χ4n) is 2.18. The molecule has 0 spiro atoms. The lowest BCUT2D eigenvalue weighted by molar-refractivity contribution is 1.74. The van der Waals surface area contributed by atoms with Gasteiger partial charge in [-0.15, -0.1) is 24.8 Å². The lowest BCUT2D eigenvalue weighted by Gasteiger charge is -2.18. The van der Waals surface area contributed by atoms with Crippen molar-refractivity contribution in [3.05, 3.63) is 91.0 Å². The van der Waals surface area contributed by atoms with Crippen LogP contribution in [0.2, 0.25) is 0 Å². The summed E-state index contributed by atoms with van der Waals surface area (Å²) >= 11 is 14.4.